The molecule has 4 nitrogen and oxygen atoms in total. The molecule has 0 aromatic heterocycles. The van der Waals surface area contributed by atoms with Crippen molar-refractivity contribution in [3.8, 4) is 23.6 Å². The molecule has 0 radical (unpaired) electrons. The van der Waals surface area contributed by atoms with Crippen LogP contribution in [0.2, 0.25) is 0 Å². The molecule has 2 aromatic carbocycles. The summed E-state index contributed by atoms with van der Waals surface area (Å²) in [7, 11) is 0. The third-order valence-corrected chi connectivity index (χ3v) is 2.56. The van der Waals surface area contributed by atoms with Crippen LogP contribution in [-0.2, 0) is 0 Å². The summed E-state index contributed by atoms with van der Waals surface area (Å²) < 4.78 is 19.2. The number of carbonyl (C=O) groups is 1. The van der Waals surface area contributed by atoms with Crippen molar-refractivity contribution in [1.82, 2.24) is 0 Å². The topological polar surface area (TPSA) is 73.9 Å². The van der Waals surface area contributed by atoms with Gasteiger partial charge in [0.1, 0.15) is 24.2 Å². The van der Waals surface area contributed by atoms with E-state index in [4.69, 9.17) is 15.3 Å². The van der Waals surface area contributed by atoms with Gasteiger partial charge in [0.2, 0.25) is 0 Å². The highest BCUT2D eigenvalue weighted by molar-refractivity contribution is 5.76. The van der Waals surface area contributed by atoms with Gasteiger partial charge in [-0.05, 0) is 30.3 Å². The zero-order valence-electron chi connectivity index (χ0n) is 10.1. The molecule has 0 saturated heterocycles. The number of halogens is 1. The van der Waals surface area contributed by atoms with E-state index in [9.17, 15) is 9.18 Å². The van der Waals surface area contributed by atoms with Gasteiger partial charge in [-0.15, -0.1) is 0 Å². The van der Waals surface area contributed by atoms with E-state index in [-0.39, 0.29) is 22.6 Å². The van der Waals surface area contributed by atoms with Crippen LogP contribution in [0.1, 0.15) is 21.5 Å². The van der Waals surface area contributed by atoms with Crippen molar-refractivity contribution in [2.45, 2.75) is 0 Å². The van der Waals surface area contributed by atoms with E-state index in [0.29, 0.717) is 11.8 Å². The highest BCUT2D eigenvalue weighted by Gasteiger charge is 2.12. The van der Waals surface area contributed by atoms with E-state index >= 15 is 0 Å². The Kier molecular flexibility index (Phi) is 3.74. The van der Waals surface area contributed by atoms with Crippen LogP contribution in [0.15, 0.2) is 36.4 Å². The molecule has 0 amide bonds. The van der Waals surface area contributed by atoms with Gasteiger partial charge in [0.05, 0.1) is 11.1 Å². The highest BCUT2D eigenvalue weighted by atomic mass is 19.1. The van der Waals surface area contributed by atoms with Crippen LogP contribution >= 0.6 is 0 Å². The third-order valence-electron chi connectivity index (χ3n) is 2.56. The SMILES string of the molecule is N#Cc1cc(C=O)ccc1Oc1cccc(C#N)c1F. The van der Waals surface area contributed by atoms with Gasteiger partial charge in [-0.3, -0.25) is 4.79 Å². The Labute approximate surface area is 114 Å². The number of aldehydes is 1. The standard InChI is InChI=1S/C15H7FN2O2/c16-15-11(7-17)2-1-3-14(15)20-13-5-4-10(9-19)6-12(13)8-18/h1-6,9H. The number of benzene rings is 2. The van der Waals surface area contributed by atoms with Crippen molar-refractivity contribution in [1.29, 1.82) is 10.5 Å². The summed E-state index contributed by atoms with van der Waals surface area (Å²) in [5.41, 5.74) is 0.280. The largest absolute Gasteiger partial charge is 0.453 e. The number of hydrogen-bond acceptors (Lipinski definition) is 4. The third kappa shape index (κ3) is 2.47. The van der Waals surface area contributed by atoms with E-state index in [0.717, 1.165) is 0 Å². The first kappa shape index (κ1) is 13.3. The molecule has 0 aliphatic carbocycles. The van der Waals surface area contributed by atoms with Gasteiger partial charge < -0.3 is 4.74 Å². The van der Waals surface area contributed by atoms with E-state index in [1.165, 1.54) is 36.4 Å². The van der Waals surface area contributed by atoms with E-state index in [2.05, 4.69) is 0 Å². The molecule has 20 heavy (non-hydrogen) atoms. The Balaban J connectivity index is 2.44. The maximum Gasteiger partial charge on any atom is 0.183 e. The molecule has 0 N–H and O–H groups in total. The number of carbonyl (C=O) groups excluding carboxylic acids is 1. The van der Waals surface area contributed by atoms with Crippen molar-refractivity contribution in [3.63, 3.8) is 0 Å². The minimum absolute atomic E-state index is 0.108. The van der Waals surface area contributed by atoms with Crippen LogP contribution in [0.5, 0.6) is 11.5 Å². The first-order valence-electron chi connectivity index (χ1n) is 5.55. The zero-order valence-corrected chi connectivity index (χ0v) is 10.1. The van der Waals surface area contributed by atoms with Crippen LogP contribution in [0, 0.1) is 28.5 Å². The molecule has 0 unspecified atom stereocenters. The average molecular weight is 266 g/mol. The Hall–Kier alpha value is -3.18. The number of ether oxygens (including phenoxy) is 1. The maximum absolute atomic E-state index is 13.9. The summed E-state index contributed by atoms with van der Waals surface area (Å²) in [5.74, 6) is -0.829. The molecule has 0 spiro atoms. The average Bonchev–Trinajstić information content (AvgIpc) is 2.49. The van der Waals surface area contributed by atoms with Crippen LogP contribution < -0.4 is 4.74 Å². The lowest BCUT2D eigenvalue weighted by Crippen LogP contribution is -1.94. The zero-order chi connectivity index (χ0) is 14.5. The molecule has 2 aromatic rings. The van der Waals surface area contributed by atoms with Crippen molar-refractivity contribution in [2.24, 2.45) is 0 Å². The van der Waals surface area contributed by atoms with Crippen molar-refractivity contribution in [3.05, 3.63) is 58.9 Å². The fourth-order valence-corrected chi connectivity index (χ4v) is 1.59. The minimum Gasteiger partial charge on any atom is -0.453 e. The molecule has 0 saturated carbocycles. The monoisotopic (exact) mass is 266 g/mol. The Morgan fingerprint density at radius 2 is 1.80 bits per heavy atom. The van der Waals surface area contributed by atoms with Gasteiger partial charge in [-0.1, -0.05) is 6.07 Å². The maximum atomic E-state index is 13.9. The number of hydrogen-bond donors (Lipinski definition) is 0. The molecule has 0 aliphatic heterocycles. The van der Waals surface area contributed by atoms with E-state index in [1.807, 2.05) is 6.07 Å². The van der Waals surface area contributed by atoms with Gasteiger partial charge in [-0.25, -0.2) is 4.39 Å². The Morgan fingerprint density at radius 1 is 1.05 bits per heavy atom. The Bertz CT molecular complexity index is 757. The summed E-state index contributed by atoms with van der Waals surface area (Å²) in [6.07, 6.45) is 0.599. The van der Waals surface area contributed by atoms with Crippen LogP contribution in [0.25, 0.3) is 0 Å². The second kappa shape index (κ2) is 5.64. The molecular weight excluding hydrogens is 259 g/mol. The van der Waals surface area contributed by atoms with Gasteiger partial charge in [0, 0.05) is 5.56 Å². The molecule has 0 heterocycles. The second-order valence-corrected chi connectivity index (χ2v) is 3.82. The quantitative estimate of drug-likeness (QED) is 0.799. The van der Waals surface area contributed by atoms with Crippen molar-refractivity contribution < 1.29 is 13.9 Å². The van der Waals surface area contributed by atoms with Crippen molar-refractivity contribution in [2.75, 3.05) is 0 Å². The lowest BCUT2D eigenvalue weighted by atomic mass is 10.1. The fraction of sp³-hybridized carbons (Fsp3) is 0. The summed E-state index contributed by atoms with van der Waals surface area (Å²) >= 11 is 0. The van der Waals surface area contributed by atoms with Crippen LogP contribution in [-0.4, -0.2) is 6.29 Å². The number of nitrogens with zero attached hydrogens (tertiary/aromatic N) is 2. The summed E-state index contributed by atoms with van der Waals surface area (Å²) in [4.78, 5) is 10.6. The highest BCUT2D eigenvalue weighted by Crippen LogP contribution is 2.28. The minimum atomic E-state index is -0.793. The Morgan fingerprint density at radius 3 is 2.45 bits per heavy atom. The first-order chi connectivity index (χ1) is 9.69. The molecular formula is C15H7FN2O2. The smallest absolute Gasteiger partial charge is 0.183 e. The molecule has 0 atom stereocenters. The molecule has 2 rings (SSSR count). The van der Waals surface area contributed by atoms with E-state index < -0.39 is 5.82 Å². The van der Waals surface area contributed by atoms with Gasteiger partial charge in [0.15, 0.2) is 11.6 Å². The molecule has 5 heteroatoms. The normalized spacial score (nSPS) is 9.35. The number of nitriles is 2. The van der Waals surface area contributed by atoms with Gasteiger partial charge in [0.25, 0.3) is 0 Å². The molecule has 96 valence electrons. The van der Waals surface area contributed by atoms with Gasteiger partial charge in [-0.2, -0.15) is 10.5 Å². The van der Waals surface area contributed by atoms with Crippen molar-refractivity contribution >= 4 is 6.29 Å². The second-order valence-electron chi connectivity index (χ2n) is 3.82. The molecule has 0 bridgehead atoms. The van der Waals surface area contributed by atoms with Crippen LogP contribution in [0.4, 0.5) is 4.39 Å². The summed E-state index contributed by atoms with van der Waals surface area (Å²) in [5, 5.41) is 17.7. The summed E-state index contributed by atoms with van der Waals surface area (Å²) in [6.45, 7) is 0. The fourth-order valence-electron chi connectivity index (χ4n) is 1.59. The predicted molar refractivity (Wildman–Crippen MR) is 67.7 cm³/mol. The molecule has 0 fully saturated rings. The van der Waals surface area contributed by atoms with Crippen LogP contribution in [0.3, 0.4) is 0 Å². The first-order valence-corrected chi connectivity index (χ1v) is 5.55. The van der Waals surface area contributed by atoms with E-state index in [1.54, 1.807) is 6.07 Å². The lowest BCUT2D eigenvalue weighted by Gasteiger charge is -2.09. The summed E-state index contributed by atoms with van der Waals surface area (Å²) in [6, 6.07) is 11.9. The van der Waals surface area contributed by atoms with Gasteiger partial charge >= 0.3 is 0 Å². The molecule has 0 aliphatic rings. The lowest BCUT2D eigenvalue weighted by molar-refractivity contribution is 0.112. The predicted octanol–water partition coefficient (Wildman–Crippen LogP) is 3.17. The number of rotatable bonds is 3.